The van der Waals surface area contributed by atoms with E-state index in [2.05, 4.69) is 10.4 Å². The highest BCUT2D eigenvalue weighted by Gasteiger charge is 2.11. The van der Waals surface area contributed by atoms with Crippen LogP contribution in [0.25, 0.3) is 0 Å². The highest BCUT2D eigenvalue weighted by Crippen LogP contribution is 2.27. The van der Waals surface area contributed by atoms with Gasteiger partial charge in [0.15, 0.2) is 11.5 Å². The summed E-state index contributed by atoms with van der Waals surface area (Å²) in [5.74, 6) is 1.00. The number of carbonyl (C=O) groups excluding carboxylic acids is 1. The largest absolute Gasteiger partial charge is 0.493 e. The Morgan fingerprint density at radius 3 is 2.52 bits per heavy atom. The van der Waals surface area contributed by atoms with Crippen LogP contribution in [0.2, 0.25) is 0 Å². The molecule has 0 atom stereocenters. The SMILES string of the molecule is COc1ccc(CCNC(=O)c2ccc(=O)n(C(C)C)n2)cc1OC. The quantitative estimate of drug-likeness (QED) is 0.828. The van der Waals surface area contributed by atoms with Crippen molar-refractivity contribution in [1.29, 1.82) is 0 Å². The lowest BCUT2D eigenvalue weighted by atomic mass is 10.1. The van der Waals surface area contributed by atoms with Crippen LogP contribution in [0.15, 0.2) is 35.1 Å². The van der Waals surface area contributed by atoms with Gasteiger partial charge in [-0.05, 0) is 44.0 Å². The van der Waals surface area contributed by atoms with Gasteiger partial charge in [0.2, 0.25) is 0 Å². The molecule has 1 amide bonds. The van der Waals surface area contributed by atoms with E-state index in [9.17, 15) is 9.59 Å². The molecule has 0 unspecified atom stereocenters. The van der Waals surface area contributed by atoms with Crippen molar-refractivity contribution in [3.05, 3.63) is 51.9 Å². The average Bonchev–Trinajstić information content (AvgIpc) is 2.61. The monoisotopic (exact) mass is 345 g/mol. The lowest BCUT2D eigenvalue weighted by molar-refractivity contribution is 0.0946. The second-order valence-corrected chi connectivity index (χ2v) is 5.79. The standard InChI is InChI=1S/C18H23N3O4/c1-12(2)21-17(22)8-6-14(20-21)18(23)19-10-9-13-5-7-15(24-3)16(11-13)25-4/h5-8,11-12H,9-10H2,1-4H3,(H,19,23). The fourth-order valence-corrected chi connectivity index (χ4v) is 2.36. The Morgan fingerprint density at radius 2 is 1.88 bits per heavy atom. The minimum absolute atomic E-state index is 0.105. The molecule has 0 radical (unpaired) electrons. The van der Waals surface area contributed by atoms with Gasteiger partial charge in [-0.25, -0.2) is 4.68 Å². The molecule has 0 bridgehead atoms. The number of benzene rings is 1. The van der Waals surface area contributed by atoms with E-state index in [1.54, 1.807) is 14.2 Å². The molecule has 0 aliphatic carbocycles. The van der Waals surface area contributed by atoms with Crippen LogP contribution in [0.3, 0.4) is 0 Å². The van der Waals surface area contributed by atoms with Crippen LogP contribution in [0.1, 0.15) is 35.9 Å². The van der Waals surface area contributed by atoms with Crippen LogP contribution in [0.5, 0.6) is 11.5 Å². The Kier molecular flexibility index (Phi) is 6.16. The van der Waals surface area contributed by atoms with Crippen LogP contribution in [-0.2, 0) is 6.42 Å². The average molecular weight is 345 g/mol. The number of hydrogen-bond donors (Lipinski definition) is 1. The van der Waals surface area contributed by atoms with E-state index < -0.39 is 0 Å². The Balaban J connectivity index is 1.99. The summed E-state index contributed by atoms with van der Waals surface area (Å²) in [4.78, 5) is 23.9. The molecular weight excluding hydrogens is 322 g/mol. The van der Waals surface area contributed by atoms with Crippen LogP contribution >= 0.6 is 0 Å². The number of hydrogen-bond acceptors (Lipinski definition) is 5. The lowest BCUT2D eigenvalue weighted by Crippen LogP contribution is -2.31. The van der Waals surface area contributed by atoms with Crippen molar-refractivity contribution in [1.82, 2.24) is 15.1 Å². The summed E-state index contributed by atoms with van der Waals surface area (Å²) >= 11 is 0. The fourth-order valence-electron chi connectivity index (χ4n) is 2.36. The maximum Gasteiger partial charge on any atom is 0.271 e. The van der Waals surface area contributed by atoms with Crippen LogP contribution in [0.4, 0.5) is 0 Å². The zero-order chi connectivity index (χ0) is 18.4. The van der Waals surface area contributed by atoms with Gasteiger partial charge in [0, 0.05) is 12.6 Å². The predicted molar refractivity (Wildman–Crippen MR) is 94.5 cm³/mol. The van der Waals surface area contributed by atoms with Crippen LogP contribution < -0.4 is 20.3 Å². The Labute approximate surface area is 146 Å². The molecule has 0 aliphatic heterocycles. The first-order valence-electron chi connectivity index (χ1n) is 8.05. The van der Waals surface area contributed by atoms with Crippen molar-refractivity contribution in [2.24, 2.45) is 0 Å². The smallest absolute Gasteiger partial charge is 0.271 e. The molecule has 1 heterocycles. The number of amides is 1. The van der Waals surface area contributed by atoms with Gasteiger partial charge in [-0.2, -0.15) is 5.10 Å². The molecule has 134 valence electrons. The molecule has 1 N–H and O–H groups in total. The van der Waals surface area contributed by atoms with E-state index in [1.807, 2.05) is 32.0 Å². The van der Waals surface area contributed by atoms with Gasteiger partial charge in [0.25, 0.3) is 11.5 Å². The number of nitrogens with zero attached hydrogens (tertiary/aromatic N) is 2. The van der Waals surface area contributed by atoms with Gasteiger partial charge in [-0.1, -0.05) is 6.07 Å². The number of carbonyl (C=O) groups is 1. The summed E-state index contributed by atoms with van der Waals surface area (Å²) in [7, 11) is 3.17. The minimum Gasteiger partial charge on any atom is -0.493 e. The van der Waals surface area contributed by atoms with E-state index in [4.69, 9.17) is 9.47 Å². The second-order valence-electron chi connectivity index (χ2n) is 5.79. The number of ether oxygens (including phenoxy) is 2. The first kappa shape index (κ1) is 18.5. The number of rotatable bonds is 7. The topological polar surface area (TPSA) is 82.5 Å². The third-order valence-corrected chi connectivity index (χ3v) is 3.69. The lowest BCUT2D eigenvalue weighted by Gasteiger charge is -2.11. The molecule has 2 rings (SSSR count). The number of aromatic nitrogens is 2. The molecule has 25 heavy (non-hydrogen) atoms. The molecule has 0 aliphatic rings. The van der Waals surface area contributed by atoms with E-state index in [0.29, 0.717) is 24.5 Å². The Bertz CT molecular complexity index is 799. The van der Waals surface area contributed by atoms with Crippen molar-refractivity contribution in [2.75, 3.05) is 20.8 Å². The van der Waals surface area contributed by atoms with Crippen molar-refractivity contribution < 1.29 is 14.3 Å². The van der Waals surface area contributed by atoms with Gasteiger partial charge in [0.1, 0.15) is 5.69 Å². The molecule has 2 aromatic rings. The van der Waals surface area contributed by atoms with Crippen LogP contribution in [-0.4, -0.2) is 36.5 Å². The summed E-state index contributed by atoms with van der Waals surface area (Å²) < 4.78 is 11.8. The molecule has 0 saturated heterocycles. The number of methoxy groups -OCH3 is 2. The molecule has 1 aromatic carbocycles. The van der Waals surface area contributed by atoms with Gasteiger partial charge in [0.05, 0.1) is 20.3 Å². The normalized spacial score (nSPS) is 10.6. The van der Waals surface area contributed by atoms with Gasteiger partial charge >= 0.3 is 0 Å². The first-order chi connectivity index (χ1) is 12.0. The molecule has 0 spiro atoms. The Hall–Kier alpha value is -2.83. The van der Waals surface area contributed by atoms with E-state index >= 15 is 0 Å². The van der Waals surface area contributed by atoms with Crippen molar-refractivity contribution in [3.8, 4) is 11.5 Å². The third kappa shape index (κ3) is 4.59. The van der Waals surface area contributed by atoms with E-state index in [1.165, 1.54) is 16.8 Å². The highest BCUT2D eigenvalue weighted by atomic mass is 16.5. The zero-order valence-corrected chi connectivity index (χ0v) is 14.9. The minimum atomic E-state index is -0.310. The van der Waals surface area contributed by atoms with Crippen molar-refractivity contribution in [3.63, 3.8) is 0 Å². The second kappa shape index (κ2) is 8.32. The molecule has 1 aromatic heterocycles. The highest BCUT2D eigenvalue weighted by molar-refractivity contribution is 5.91. The van der Waals surface area contributed by atoms with E-state index in [0.717, 1.165) is 5.56 Å². The van der Waals surface area contributed by atoms with Gasteiger partial charge in [-0.3, -0.25) is 9.59 Å². The number of nitrogens with one attached hydrogen (secondary N) is 1. The van der Waals surface area contributed by atoms with Gasteiger partial charge in [-0.15, -0.1) is 0 Å². The molecular formula is C18H23N3O4. The maximum atomic E-state index is 12.2. The van der Waals surface area contributed by atoms with Crippen molar-refractivity contribution >= 4 is 5.91 Å². The summed E-state index contributed by atoms with van der Waals surface area (Å²) in [5, 5.41) is 6.91. The zero-order valence-electron chi connectivity index (χ0n) is 14.9. The van der Waals surface area contributed by atoms with Crippen molar-refractivity contribution in [2.45, 2.75) is 26.3 Å². The Morgan fingerprint density at radius 1 is 1.16 bits per heavy atom. The van der Waals surface area contributed by atoms with Gasteiger partial charge < -0.3 is 14.8 Å². The summed E-state index contributed by atoms with van der Waals surface area (Å²) in [6, 6.07) is 8.32. The van der Waals surface area contributed by atoms with E-state index in [-0.39, 0.29) is 23.2 Å². The predicted octanol–water partition coefficient (Wildman–Crippen LogP) is 1.81. The molecule has 7 nitrogen and oxygen atoms in total. The summed E-state index contributed by atoms with van der Waals surface area (Å²) in [6.45, 7) is 4.12. The third-order valence-electron chi connectivity index (χ3n) is 3.69. The fraction of sp³-hybridized carbons (Fsp3) is 0.389. The summed E-state index contributed by atoms with van der Waals surface area (Å²) in [5.41, 5.74) is 1.01. The maximum absolute atomic E-state index is 12.2. The van der Waals surface area contributed by atoms with Crippen LogP contribution in [0, 0.1) is 0 Å². The summed E-state index contributed by atoms with van der Waals surface area (Å²) in [6.07, 6.45) is 0.635. The molecule has 0 fully saturated rings. The molecule has 0 saturated carbocycles. The first-order valence-corrected chi connectivity index (χ1v) is 8.05. The molecule has 7 heteroatoms.